The first kappa shape index (κ1) is 24.4. The van der Waals surface area contributed by atoms with Gasteiger partial charge in [-0.2, -0.15) is 5.10 Å². The molecule has 0 atom stereocenters. The van der Waals surface area contributed by atoms with Crippen molar-refractivity contribution in [3.05, 3.63) is 66.2 Å². The van der Waals surface area contributed by atoms with Gasteiger partial charge in [0.2, 0.25) is 0 Å². The van der Waals surface area contributed by atoms with Crippen molar-refractivity contribution >= 4 is 35.6 Å². The zero-order chi connectivity index (χ0) is 21.3. The minimum atomic E-state index is -0.265. The molecule has 31 heavy (non-hydrogen) atoms. The van der Waals surface area contributed by atoms with E-state index >= 15 is 0 Å². The lowest BCUT2D eigenvalue weighted by molar-refractivity contribution is 0.355. The van der Waals surface area contributed by atoms with Crippen molar-refractivity contribution in [2.45, 2.75) is 13.3 Å². The van der Waals surface area contributed by atoms with Gasteiger partial charge in [0.25, 0.3) is 0 Å². The van der Waals surface area contributed by atoms with Crippen molar-refractivity contribution < 1.29 is 13.9 Å². The Bertz CT molecular complexity index is 992. The van der Waals surface area contributed by atoms with E-state index in [9.17, 15) is 4.39 Å². The fourth-order valence-corrected chi connectivity index (χ4v) is 2.87. The van der Waals surface area contributed by atoms with E-state index in [1.165, 1.54) is 12.1 Å². The predicted octanol–water partition coefficient (Wildman–Crippen LogP) is 4.27. The SMILES string of the molecule is CCNC(=NCCc1ccn(-c2ccc(F)cc2)n1)Nc1ccc(OC)c(OC)c1.I. The molecule has 7 nitrogen and oxygen atoms in total. The van der Waals surface area contributed by atoms with Gasteiger partial charge < -0.3 is 20.1 Å². The van der Waals surface area contributed by atoms with Gasteiger partial charge in [0.1, 0.15) is 5.82 Å². The Balaban J connectivity index is 0.00000341. The molecule has 0 aliphatic rings. The summed E-state index contributed by atoms with van der Waals surface area (Å²) < 4.78 is 25.4. The third-order valence-electron chi connectivity index (χ3n) is 4.36. The quantitative estimate of drug-likeness (QED) is 0.254. The summed E-state index contributed by atoms with van der Waals surface area (Å²) in [7, 11) is 3.21. The standard InChI is InChI=1S/C22H26FN5O2.HI/c1-4-24-22(26-18-7-10-20(29-2)21(15-18)30-3)25-13-11-17-12-14-28(27-17)19-8-5-16(23)6-9-19;/h5-10,12,14-15H,4,11,13H2,1-3H3,(H2,24,25,26);1H. The number of halogens is 2. The van der Waals surface area contributed by atoms with Gasteiger partial charge in [-0.15, -0.1) is 24.0 Å². The van der Waals surface area contributed by atoms with Gasteiger partial charge in [-0.05, 0) is 49.4 Å². The Morgan fingerprint density at radius 1 is 1.06 bits per heavy atom. The molecule has 0 fully saturated rings. The molecular formula is C22H27FIN5O2. The van der Waals surface area contributed by atoms with Gasteiger partial charge in [0.15, 0.2) is 17.5 Å². The number of aliphatic imine (C=N–C) groups is 1. The summed E-state index contributed by atoms with van der Waals surface area (Å²) in [5, 5.41) is 11.0. The maximum absolute atomic E-state index is 13.1. The second kappa shape index (κ2) is 12.1. The van der Waals surface area contributed by atoms with Gasteiger partial charge >= 0.3 is 0 Å². The number of nitrogens with zero attached hydrogens (tertiary/aromatic N) is 3. The molecule has 1 heterocycles. The number of nitrogens with one attached hydrogen (secondary N) is 2. The Labute approximate surface area is 198 Å². The van der Waals surface area contributed by atoms with Crippen LogP contribution in [0.15, 0.2) is 59.7 Å². The van der Waals surface area contributed by atoms with Crippen LogP contribution in [-0.2, 0) is 6.42 Å². The smallest absolute Gasteiger partial charge is 0.195 e. The minimum absolute atomic E-state index is 0. The molecule has 0 aliphatic heterocycles. The highest BCUT2D eigenvalue weighted by Crippen LogP contribution is 2.29. The third kappa shape index (κ3) is 6.84. The Morgan fingerprint density at radius 2 is 1.81 bits per heavy atom. The van der Waals surface area contributed by atoms with Crippen LogP contribution in [0.25, 0.3) is 5.69 Å². The molecule has 0 unspecified atom stereocenters. The minimum Gasteiger partial charge on any atom is -0.493 e. The van der Waals surface area contributed by atoms with Crippen molar-refractivity contribution in [3.8, 4) is 17.2 Å². The molecule has 0 aliphatic carbocycles. The van der Waals surface area contributed by atoms with Crippen LogP contribution in [0, 0.1) is 5.82 Å². The molecule has 1 aromatic heterocycles. The van der Waals surface area contributed by atoms with Gasteiger partial charge in [-0.25, -0.2) is 9.07 Å². The number of methoxy groups -OCH3 is 2. The lowest BCUT2D eigenvalue weighted by Gasteiger charge is -2.13. The molecule has 0 saturated carbocycles. The number of hydrogen-bond donors (Lipinski definition) is 2. The fraction of sp³-hybridized carbons (Fsp3) is 0.273. The molecule has 9 heteroatoms. The molecule has 2 N–H and O–H groups in total. The molecule has 0 spiro atoms. The predicted molar refractivity (Wildman–Crippen MR) is 132 cm³/mol. The molecule has 3 rings (SSSR count). The van der Waals surface area contributed by atoms with Crippen LogP contribution in [0.5, 0.6) is 11.5 Å². The summed E-state index contributed by atoms with van der Waals surface area (Å²) in [6.45, 7) is 3.30. The van der Waals surface area contributed by atoms with Crippen molar-refractivity contribution in [1.82, 2.24) is 15.1 Å². The lowest BCUT2D eigenvalue weighted by atomic mass is 10.2. The Morgan fingerprint density at radius 3 is 2.48 bits per heavy atom. The topological polar surface area (TPSA) is 72.7 Å². The van der Waals surface area contributed by atoms with Crippen LogP contribution in [0.1, 0.15) is 12.6 Å². The largest absolute Gasteiger partial charge is 0.493 e. The lowest BCUT2D eigenvalue weighted by Crippen LogP contribution is -2.30. The fourth-order valence-electron chi connectivity index (χ4n) is 2.87. The first-order valence-corrected chi connectivity index (χ1v) is 9.70. The second-order valence-electron chi connectivity index (χ2n) is 6.43. The van der Waals surface area contributed by atoms with Gasteiger partial charge in [0, 0.05) is 37.5 Å². The molecule has 0 bridgehead atoms. The van der Waals surface area contributed by atoms with E-state index in [0.29, 0.717) is 30.4 Å². The highest BCUT2D eigenvalue weighted by Gasteiger charge is 2.07. The zero-order valence-corrected chi connectivity index (χ0v) is 20.1. The summed E-state index contributed by atoms with van der Waals surface area (Å²) >= 11 is 0. The summed E-state index contributed by atoms with van der Waals surface area (Å²) in [5.74, 6) is 1.72. The molecule has 0 radical (unpaired) electrons. The van der Waals surface area contributed by atoms with Crippen LogP contribution in [-0.4, -0.2) is 43.0 Å². The number of benzene rings is 2. The number of guanidine groups is 1. The third-order valence-corrected chi connectivity index (χ3v) is 4.36. The number of anilines is 1. The number of aromatic nitrogens is 2. The highest BCUT2D eigenvalue weighted by atomic mass is 127. The van der Waals surface area contributed by atoms with Crippen molar-refractivity contribution in [1.29, 1.82) is 0 Å². The highest BCUT2D eigenvalue weighted by molar-refractivity contribution is 14.0. The number of rotatable bonds is 8. The van der Waals surface area contributed by atoms with Crippen LogP contribution in [0.2, 0.25) is 0 Å². The van der Waals surface area contributed by atoms with Crippen LogP contribution >= 0.6 is 24.0 Å². The van der Waals surface area contributed by atoms with Gasteiger partial charge in [-0.3, -0.25) is 4.99 Å². The molecule has 166 valence electrons. The molecule has 0 amide bonds. The van der Waals surface area contributed by atoms with E-state index in [0.717, 1.165) is 23.6 Å². The van der Waals surface area contributed by atoms with Crippen LogP contribution in [0.3, 0.4) is 0 Å². The first-order chi connectivity index (χ1) is 14.6. The van der Waals surface area contributed by atoms with E-state index in [1.54, 1.807) is 31.0 Å². The second-order valence-corrected chi connectivity index (χ2v) is 6.43. The van der Waals surface area contributed by atoms with E-state index in [2.05, 4.69) is 20.7 Å². The maximum atomic E-state index is 13.1. The Kier molecular flexibility index (Phi) is 9.57. The van der Waals surface area contributed by atoms with Crippen LogP contribution < -0.4 is 20.1 Å². The van der Waals surface area contributed by atoms with Crippen molar-refractivity contribution in [3.63, 3.8) is 0 Å². The normalized spacial score (nSPS) is 10.9. The van der Waals surface area contributed by atoms with Crippen molar-refractivity contribution in [2.24, 2.45) is 4.99 Å². The monoisotopic (exact) mass is 539 g/mol. The maximum Gasteiger partial charge on any atom is 0.195 e. The van der Waals surface area contributed by atoms with E-state index in [4.69, 9.17) is 9.47 Å². The number of hydrogen-bond acceptors (Lipinski definition) is 4. The van der Waals surface area contributed by atoms with E-state index in [1.807, 2.05) is 37.4 Å². The average Bonchev–Trinajstić information content (AvgIpc) is 3.23. The summed E-state index contributed by atoms with van der Waals surface area (Å²) in [5.41, 5.74) is 2.56. The first-order valence-electron chi connectivity index (χ1n) is 9.70. The van der Waals surface area contributed by atoms with Crippen molar-refractivity contribution in [2.75, 3.05) is 32.6 Å². The average molecular weight is 539 g/mol. The zero-order valence-electron chi connectivity index (χ0n) is 17.8. The molecule has 0 saturated heterocycles. The molecule has 2 aromatic carbocycles. The summed E-state index contributed by atoms with van der Waals surface area (Å²) in [4.78, 5) is 4.62. The summed E-state index contributed by atoms with van der Waals surface area (Å²) in [6, 6.07) is 13.8. The van der Waals surface area contributed by atoms with Crippen LogP contribution in [0.4, 0.5) is 10.1 Å². The van der Waals surface area contributed by atoms with E-state index in [-0.39, 0.29) is 29.8 Å². The van der Waals surface area contributed by atoms with Gasteiger partial charge in [-0.1, -0.05) is 0 Å². The van der Waals surface area contributed by atoms with Gasteiger partial charge in [0.05, 0.1) is 25.6 Å². The summed E-state index contributed by atoms with van der Waals surface area (Å²) in [6.07, 6.45) is 2.54. The van der Waals surface area contributed by atoms with E-state index < -0.39 is 0 Å². The molecule has 3 aromatic rings. The molecular weight excluding hydrogens is 512 g/mol. The Hall–Kier alpha value is -2.82. The number of ether oxygens (including phenoxy) is 2.